The molecule has 1 heterocycles. The summed E-state index contributed by atoms with van der Waals surface area (Å²) < 4.78 is 3.35. The number of halogens is 2. The van der Waals surface area contributed by atoms with Gasteiger partial charge in [-0.05, 0) is 42.2 Å². The number of hydrogen-bond donors (Lipinski definition) is 0. The molecule has 1 aromatic carbocycles. The van der Waals surface area contributed by atoms with Gasteiger partial charge in [0.15, 0.2) is 0 Å². The SMILES string of the molecule is CN(C)CCn1ncc(Br)c1C(=O)c1cccc(Br)c1. The average molecular weight is 401 g/mol. The van der Waals surface area contributed by atoms with Crippen molar-refractivity contribution in [3.8, 4) is 0 Å². The number of rotatable bonds is 5. The van der Waals surface area contributed by atoms with Crippen LogP contribution in [0.2, 0.25) is 0 Å². The van der Waals surface area contributed by atoms with Crippen LogP contribution < -0.4 is 0 Å². The second kappa shape index (κ2) is 6.65. The van der Waals surface area contributed by atoms with Crippen LogP contribution >= 0.6 is 31.9 Å². The third kappa shape index (κ3) is 3.56. The van der Waals surface area contributed by atoms with E-state index < -0.39 is 0 Å². The normalized spacial score (nSPS) is 11.1. The minimum absolute atomic E-state index is 0.0329. The van der Waals surface area contributed by atoms with Crippen molar-refractivity contribution in [1.29, 1.82) is 0 Å². The van der Waals surface area contributed by atoms with Gasteiger partial charge in [0, 0.05) is 16.6 Å². The molecule has 0 atom stereocenters. The van der Waals surface area contributed by atoms with Gasteiger partial charge in [-0.3, -0.25) is 9.48 Å². The van der Waals surface area contributed by atoms with Crippen LogP contribution in [0.1, 0.15) is 16.1 Å². The average Bonchev–Trinajstić information content (AvgIpc) is 2.76. The van der Waals surface area contributed by atoms with E-state index in [2.05, 4.69) is 41.9 Å². The Morgan fingerprint density at radius 3 is 2.75 bits per heavy atom. The maximum Gasteiger partial charge on any atom is 0.212 e. The van der Waals surface area contributed by atoms with Gasteiger partial charge in [-0.25, -0.2) is 0 Å². The van der Waals surface area contributed by atoms with Gasteiger partial charge in [0.1, 0.15) is 5.69 Å². The molecule has 0 saturated heterocycles. The van der Waals surface area contributed by atoms with E-state index in [-0.39, 0.29) is 5.78 Å². The van der Waals surface area contributed by atoms with Gasteiger partial charge in [-0.15, -0.1) is 0 Å². The topological polar surface area (TPSA) is 38.1 Å². The molecule has 0 unspecified atom stereocenters. The fourth-order valence-electron chi connectivity index (χ4n) is 1.82. The smallest absolute Gasteiger partial charge is 0.212 e. The molecular formula is C14H15Br2N3O. The molecule has 0 saturated carbocycles. The largest absolute Gasteiger partial charge is 0.308 e. The van der Waals surface area contributed by atoms with E-state index in [4.69, 9.17) is 0 Å². The van der Waals surface area contributed by atoms with Crippen molar-refractivity contribution in [1.82, 2.24) is 14.7 Å². The fourth-order valence-corrected chi connectivity index (χ4v) is 2.69. The van der Waals surface area contributed by atoms with Crippen molar-refractivity contribution in [3.05, 3.63) is 50.7 Å². The first-order valence-corrected chi connectivity index (χ1v) is 7.74. The maximum absolute atomic E-state index is 12.6. The Morgan fingerprint density at radius 1 is 1.35 bits per heavy atom. The lowest BCUT2D eigenvalue weighted by Gasteiger charge is -2.12. The Kier molecular flexibility index (Phi) is 5.12. The molecule has 0 aliphatic carbocycles. The van der Waals surface area contributed by atoms with Crippen molar-refractivity contribution in [2.75, 3.05) is 20.6 Å². The second-order valence-electron chi connectivity index (χ2n) is 4.71. The molecule has 0 radical (unpaired) electrons. The molecule has 2 rings (SSSR count). The molecule has 0 amide bonds. The first-order chi connectivity index (χ1) is 9.49. The summed E-state index contributed by atoms with van der Waals surface area (Å²) in [6, 6.07) is 7.38. The van der Waals surface area contributed by atoms with Gasteiger partial charge < -0.3 is 4.90 Å². The molecular weight excluding hydrogens is 386 g/mol. The number of hydrogen-bond acceptors (Lipinski definition) is 3. The number of aromatic nitrogens is 2. The van der Waals surface area contributed by atoms with Crippen LogP contribution in [-0.2, 0) is 6.54 Å². The minimum atomic E-state index is -0.0329. The Labute approximate surface area is 135 Å². The van der Waals surface area contributed by atoms with Crippen molar-refractivity contribution in [2.24, 2.45) is 0 Å². The molecule has 1 aromatic heterocycles. The number of benzene rings is 1. The summed E-state index contributed by atoms with van der Waals surface area (Å²) in [5.41, 5.74) is 1.23. The van der Waals surface area contributed by atoms with Crippen LogP contribution in [0.4, 0.5) is 0 Å². The first-order valence-electron chi connectivity index (χ1n) is 6.15. The molecule has 0 spiro atoms. The highest BCUT2D eigenvalue weighted by molar-refractivity contribution is 9.10. The zero-order valence-corrected chi connectivity index (χ0v) is 14.5. The lowest BCUT2D eigenvalue weighted by Crippen LogP contribution is -2.21. The molecule has 0 bridgehead atoms. The van der Waals surface area contributed by atoms with E-state index in [1.165, 1.54) is 0 Å². The van der Waals surface area contributed by atoms with Gasteiger partial charge in [0.2, 0.25) is 5.78 Å². The van der Waals surface area contributed by atoms with E-state index >= 15 is 0 Å². The number of carbonyl (C=O) groups excluding carboxylic acids is 1. The van der Waals surface area contributed by atoms with Gasteiger partial charge in [-0.2, -0.15) is 5.10 Å². The van der Waals surface area contributed by atoms with E-state index in [1.807, 2.05) is 38.4 Å². The predicted octanol–water partition coefficient (Wildman–Crippen LogP) is 3.20. The summed E-state index contributed by atoms with van der Waals surface area (Å²) in [5, 5.41) is 4.27. The molecule has 0 aliphatic rings. The van der Waals surface area contributed by atoms with Crippen LogP contribution in [0.3, 0.4) is 0 Å². The highest BCUT2D eigenvalue weighted by Gasteiger charge is 2.19. The van der Waals surface area contributed by atoms with Crippen LogP contribution in [0, 0.1) is 0 Å². The number of ketones is 1. The standard InChI is InChI=1S/C14H15Br2N3O/c1-18(2)6-7-19-13(12(16)9-17-19)14(20)10-4-3-5-11(15)8-10/h3-5,8-9H,6-7H2,1-2H3. The Hall–Kier alpha value is -0.980. The van der Waals surface area contributed by atoms with Gasteiger partial charge in [0.05, 0.1) is 17.2 Å². The van der Waals surface area contributed by atoms with E-state index in [0.717, 1.165) is 15.5 Å². The summed E-state index contributed by atoms with van der Waals surface area (Å²) in [5.74, 6) is -0.0329. The monoisotopic (exact) mass is 399 g/mol. The van der Waals surface area contributed by atoms with Gasteiger partial charge in [-0.1, -0.05) is 28.1 Å². The maximum atomic E-state index is 12.6. The lowest BCUT2D eigenvalue weighted by atomic mass is 10.1. The zero-order valence-electron chi connectivity index (χ0n) is 11.3. The first kappa shape index (κ1) is 15.4. The minimum Gasteiger partial charge on any atom is -0.308 e. The summed E-state index contributed by atoms with van der Waals surface area (Å²) in [6.07, 6.45) is 1.67. The third-order valence-corrected chi connectivity index (χ3v) is 3.93. The summed E-state index contributed by atoms with van der Waals surface area (Å²) in [7, 11) is 3.99. The van der Waals surface area contributed by atoms with Crippen LogP contribution in [-0.4, -0.2) is 41.1 Å². The van der Waals surface area contributed by atoms with Crippen LogP contribution in [0.15, 0.2) is 39.4 Å². The lowest BCUT2D eigenvalue weighted by molar-refractivity contribution is 0.102. The summed E-state index contributed by atoms with van der Waals surface area (Å²) in [4.78, 5) is 14.7. The molecule has 4 nitrogen and oxygen atoms in total. The van der Waals surface area contributed by atoms with E-state index in [0.29, 0.717) is 17.8 Å². The summed E-state index contributed by atoms with van der Waals surface area (Å²) in [6.45, 7) is 1.50. The second-order valence-corrected chi connectivity index (χ2v) is 6.48. The summed E-state index contributed by atoms with van der Waals surface area (Å²) >= 11 is 6.80. The van der Waals surface area contributed by atoms with E-state index in [1.54, 1.807) is 10.9 Å². The predicted molar refractivity (Wildman–Crippen MR) is 86.1 cm³/mol. The quantitative estimate of drug-likeness (QED) is 0.723. The van der Waals surface area contributed by atoms with Crippen LogP contribution in [0.25, 0.3) is 0 Å². The fraction of sp³-hybridized carbons (Fsp3) is 0.286. The molecule has 0 N–H and O–H groups in total. The molecule has 2 aromatic rings. The molecule has 0 fully saturated rings. The highest BCUT2D eigenvalue weighted by atomic mass is 79.9. The third-order valence-electron chi connectivity index (χ3n) is 2.86. The Balaban J connectivity index is 2.32. The molecule has 106 valence electrons. The van der Waals surface area contributed by atoms with Crippen LogP contribution in [0.5, 0.6) is 0 Å². The van der Waals surface area contributed by atoms with Crippen molar-refractivity contribution >= 4 is 37.6 Å². The molecule has 0 aliphatic heterocycles. The Morgan fingerprint density at radius 2 is 2.10 bits per heavy atom. The highest BCUT2D eigenvalue weighted by Crippen LogP contribution is 2.21. The molecule has 6 heteroatoms. The number of nitrogens with zero attached hydrogens (tertiary/aromatic N) is 3. The van der Waals surface area contributed by atoms with Crippen molar-refractivity contribution in [3.63, 3.8) is 0 Å². The Bertz CT molecular complexity index is 623. The number of likely N-dealkylation sites (N-methyl/N-ethyl adjacent to an activating group) is 1. The van der Waals surface area contributed by atoms with Gasteiger partial charge >= 0.3 is 0 Å². The van der Waals surface area contributed by atoms with Gasteiger partial charge in [0.25, 0.3) is 0 Å². The van der Waals surface area contributed by atoms with E-state index in [9.17, 15) is 4.79 Å². The molecule has 20 heavy (non-hydrogen) atoms. The number of carbonyl (C=O) groups is 1. The zero-order chi connectivity index (χ0) is 14.7. The van der Waals surface area contributed by atoms with Crippen molar-refractivity contribution in [2.45, 2.75) is 6.54 Å². The van der Waals surface area contributed by atoms with Crippen molar-refractivity contribution < 1.29 is 4.79 Å².